The molecule has 0 heterocycles. The molecule has 0 amide bonds. The van der Waals surface area contributed by atoms with Gasteiger partial charge in [0.05, 0.1) is 5.41 Å². The molecule has 0 aromatic heterocycles. The molecule has 2 heteroatoms. The normalized spacial score (nSPS) is 11.9. The molecule has 0 saturated heterocycles. The van der Waals surface area contributed by atoms with Crippen molar-refractivity contribution in [1.82, 2.24) is 0 Å². The first-order valence-electron chi connectivity index (χ1n) is 6.46. The predicted octanol–water partition coefficient (Wildman–Crippen LogP) is 3.76. The van der Waals surface area contributed by atoms with E-state index in [4.69, 9.17) is 0 Å². The maximum absolute atomic E-state index is 12.8. The molecule has 0 spiro atoms. The summed E-state index contributed by atoms with van der Waals surface area (Å²) in [6.07, 6.45) is 0. The molecule has 2 nitrogen and oxygen atoms in total. The van der Waals surface area contributed by atoms with Crippen LogP contribution in [0.3, 0.4) is 0 Å². The molecule has 0 saturated carbocycles. The summed E-state index contributed by atoms with van der Waals surface area (Å²) in [7, 11) is 0. The topological polar surface area (TPSA) is 34.1 Å². The van der Waals surface area contributed by atoms with Crippen molar-refractivity contribution in [3.8, 4) is 0 Å². The van der Waals surface area contributed by atoms with Crippen LogP contribution in [0.25, 0.3) is 0 Å². The lowest BCUT2D eigenvalue weighted by atomic mass is 9.62. The van der Waals surface area contributed by atoms with Crippen molar-refractivity contribution in [3.63, 3.8) is 0 Å². The summed E-state index contributed by atoms with van der Waals surface area (Å²) in [5.41, 5.74) is -0.295. The third-order valence-corrected chi connectivity index (χ3v) is 3.82. The highest BCUT2D eigenvalue weighted by Crippen LogP contribution is 2.40. The van der Waals surface area contributed by atoms with Gasteiger partial charge in [-0.15, -0.1) is 0 Å². The maximum atomic E-state index is 12.8. The molecule has 0 fully saturated rings. The smallest absolute Gasteiger partial charge is 0.176 e. The lowest BCUT2D eigenvalue weighted by Gasteiger charge is -2.37. The quantitative estimate of drug-likeness (QED) is 0.585. The van der Waals surface area contributed by atoms with Crippen LogP contribution in [0.2, 0.25) is 0 Å². The molecule has 0 bridgehead atoms. The molecular weight excluding hydrogens is 224 g/mol. The van der Waals surface area contributed by atoms with Gasteiger partial charge >= 0.3 is 0 Å². The van der Waals surface area contributed by atoms with Gasteiger partial charge in [0.15, 0.2) is 5.78 Å². The van der Waals surface area contributed by atoms with Crippen LogP contribution < -0.4 is 0 Å². The Bertz CT molecular complexity index is 422. The van der Waals surface area contributed by atoms with Gasteiger partial charge in [-0.25, -0.2) is 0 Å². The first kappa shape index (κ1) is 14.6. The third-order valence-electron chi connectivity index (χ3n) is 3.82. The fourth-order valence-electron chi connectivity index (χ4n) is 2.99. The Kier molecular flexibility index (Phi) is 4.44. The van der Waals surface area contributed by atoms with Crippen molar-refractivity contribution in [1.29, 1.82) is 0 Å². The van der Waals surface area contributed by atoms with Crippen LogP contribution >= 0.6 is 0 Å². The van der Waals surface area contributed by atoms with E-state index >= 15 is 0 Å². The van der Waals surface area contributed by atoms with Gasteiger partial charge in [-0.05, 0) is 18.8 Å². The van der Waals surface area contributed by atoms with E-state index in [-0.39, 0.29) is 23.4 Å². The van der Waals surface area contributed by atoms with E-state index in [1.807, 2.05) is 45.9 Å². The third kappa shape index (κ3) is 2.24. The molecule has 0 aliphatic carbocycles. The van der Waals surface area contributed by atoms with Crippen molar-refractivity contribution >= 4 is 11.6 Å². The van der Waals surface area contributed by atoms with Gasteiger partial charge in [-0.3, -0.25) is 9.59 Å². The van der Waals surface area contributed by atoms with E-state index < -0.39 is 5.41 Å². The van der Waals surface area contributed by atoms with Gasteiger partial charge in [0.2, 0.25) is 0 Å². The number of rotatable bonds is 5. The Morgan fingerprint density at radius 3 is 1.72 bits per heavy atom. The van der Waals surface area contributed by atoms with E-state index in [1.54, 1.807) is 12.1 Å². The predicted molar refractivity (Wildman–Crippen MR) is 73.6 cm³/mol. The number of carbonyl (C=O) groups excluding carboxylic acids is 2. The van der Waals surface area contributed by atoms with Gasteiger partial charge in [0, 0.05) is 5.56 Å². The average molecular weight is 246 g/mol. The molecule has 0 atom stereocenters. The second-order valence-electron chi connectivity index (χ2n) is 5.43. The zero-order valence-corrected chi connectivity index (χ0v) is 11.9. The van der Waals surface area contributed by atoms with Gasteiger partial charge in [0.1, 0.15) is 5.78 Å². The lowest BCUT2D eigenvalue weighted by molar-refractivity contribution is -0.128. The molecule has 0 unspecified atom stereocenters. The Morgan fingerprint density at radius 1 is 0.944 bits per heavy atom. The number of ketones is 2. The van der Waals surface area contributed by atoms with Crippen LogP contribution in [-0.2, 0) is 4.79 Å². The molecule has 1 aromatic carbocycles. The van der Waals surface area contributed by atoms with E-state index in [0.717, 1.165) is 0 Å². The minimum absolute atomic E-state index is 0.0114. The molecule has 0 N–H and O–H groups in total. The first-order valence-corrected chi connectivity index (χ1v) is 6.46. The van der Waals surface area contributed by atoms with E-state index in [1.165, 1.54) is 6.92 Å². The lowest BCUT2D eigenvalue weighted by Crippen LogP contribution is -2.47. The summed E-state index contributed by atoms with van der Waals surface area (Å²) in [6, 6.07) is 9.10. The Labute approximate surface area is 109 Å². The molecular formula is C16H22O2. The van der Waals surface area contributed by atoms with E-state index in [0.29, 0.717) is 5.56 Å². The van der Waals surface area contributed by atoms with Crippen LogP contribution in [0.15, 0.2) is 30.3 Å². The number of Topliss-reactive ketones (excluding diaryl/α,β-unsaturated/α-hetero) is 2. The van der Waals surface area contributed by atoms with Crippen LogP contribution in [0.5, 0.6) is 0 Å². The van der Waals surface area contributed by atoms with Gasteiger partial charge < -0.3 is 0 Å². The standard InChI is InChI=1S/C16H22O2/c1-11(2)16(12(3)4,13(5)17)15(18)14-9-7-6-8-10-14/h6-12H,1-5H3. The monoisotopic (exact) mass is 246 g/mol. The van der Waals surface area contributed by atoms with Crippen molar-refractivity contribution in [2.24, 2.45) is 17.3 Å². The molecule has 98 valence electrons. The molecule has 18 heavy (non-hydrogen) atoms. The molecule has 1 aromatic rings. The average Bonchev–Trinajstić information content (AvgIpc) is 2.29. The SMILES string of the molecule is CC(=O)C(C(=O)c1ccccc1)(C(C)C)C(C)C. The van der Waals surface area contributed by atoms with Gasteiger partial charge in [-0.2, -0.15) is 0 Å². The Morgan fingerprint density at radius 2 is 1.39 bits per heavy atom. The second kappa shape index (κ2) is 5.47. The van der Waals surface area contributed by atoms with Crippen LogP contribution in [-0.4, -0.2) is 11.6 Å². The Balaban J connectivity index is 3.36. The minimum atomic E-state index is -0.915. The van der Waals surface area contributed by atoms with Gasteiger partial charge in [0.25, 0.3) is 0 Å². The van der Waals surface area contributed by atoms with Gasteiger partial charge in [-0.1, -0.05) is 58.0 Å². The summed E-state index contributed by atoms with van der Waals surface area (Å²) in [6.45, 7) is 9.32. The minimum Gasteiger partial charge on any atom is -0.299 e. The summed E-state index contributed by atoms with van der Waals surface area (Å²) in [5, 5.41) is 0. The van der Waals surface area contributed by atoms with Crippen LogP contribution in [0, 0.1) is 17.3 Å². The highest BCUT2D eigenvalue weighted by molar-refractivity contribution is 6.14. The molecule has 0 aliphatic heterocycles. The van der Waals surface area contributed by atoms with E-state index in [9.17, 15) is 9.59 Å². The Hall–Kier alpha value is -1.44. The van der Waals surface area contributed by atoms with Crippen LogP contribution in [0.1, 0.15) is 45.0 Å². The van der Waals surface area contributed by atoms with E-state index in [2.05, 4.69) is 0 Å². The summed E-state index contributed by atoms with van der Waals surface area (Å²) in [4.78, 5) is 24.9. The zero-order chi connectivity index (χ0) is 13.9. The summed E-state index contributed by atoms with van der Waals surface area (Å²) >= 11 is 0. The van der Waals surface area contributed by atoms with Crippen molar-refractivity contribution in [2.45, 2.75) is 34.6 Å². The largest absolute Gasteiger partial charge is 0.299 e. The number of carbonyl (C=O) groups is 2. The number of hydrogen-bond acceptors (Lipinski definition) is 2. The molecule has 0 aliphatic rings. The fraction of sp³-hybridized carbons (Fsp3) is 0.500. The fourth-order valence-corrected chi connectivity index (χ4v) is 2.99. The van der Waals surface area contributed by atoms with Crippen LogP contribution in [0.4, 0.5) is 0 Å². The van der Waals surface area contributed by atoms with Crippen molar-refractivity contribution < 1.29 is 9.59 Å². The molecule has 0 radical (unpaired) electrons. The summed E-state index contributed by atoms with van der Waals surface area (Å²) in [5.74, 6) is -0.118. The molecule has 1 rings (SSSR count). The number of hydrogen-bond donors (Lipinski definition) is 0. The second-order valence-corrected chi connectivity index (χ2v) is 5.43. The zero-order valence-electron chi connectivity index (χ0n) is 11.9. The van der Waals surface area contributed by atoms with Crippen molar-refractivity contribution in [3.05, 3.63) is 35.9 Å². The van der Waals surface area contributed by atoms with Crippen molar-refractivity contribution in [2.75, 3.05) is 0 Å². The highest BCUT2D eigenvalue weighted by Gasteiger charge is 2.48. The number of benzene rings is 1. The highest BCUT2D eigenvalue weighted by atomic mass is 16.2. The maximum Gasteiger partial charge on any atom is 0.176 e. The first-order chi connectivity index (χ1) is 8.35. The summed E-state index contributed by atoms with van der Waals surface area (Å²) < 4.78 is 0.